The van der Waals surface area contributed by atoms with Crippen molar-refractivity contribution in [2.45, 2.75) is 17.4 Å². The topological polar surface area (TPSA) is 67.4 Å². The van der Waals surface area contributed by atoms with Crippen LogP contribution in [0.1, 0.15) is 28.4 Å². The van der Waals surface area contributed by atoms with E-state index in [0.29, 0.717) is 22.8 Å². The Hall–Kier alpha value is -2.32. The van der Waals surface area contributed by atoms with Gasteiger partial charge in [0.2, 0.25) is 0 Å². The lowest BCUT2D eigenvalue weighted by molar-refractivity contribution is 0.102. The van der Waals surface area contributed by atoms with Gasteiger partial charge >= 0.3 is 6.09 Å². The van der Waals surface area contributed by atoms with Gasteiger partial charge in [-0.3, -0.25) is 4.79 Å². The fourth-order valence-electron chi connectivity index (χ4n) is 2.78. The summed E-state index contributed by atoms with van der Waals surface area (Å²) in [6, 6.07) is 5.78. The Bertz CT molecular complexity index is 910. The second kappa shape index (κ2) is 8.14. The van der Waals surface area contributed by atoms with E-state index in [1.54, 1.807) is 0 Å². The molecule has 0 spiro atoms. The maximum absolute atomic E-state index is 14.4. The lowest BCUT2D eigenvalue weighted by Crippen LogP contribution is -2.32. The molecule has 2 N–H and O–H groups in total. The zero-order valence-corrected chi connectivity index (χ0v) is 15.7. The predicted molar refractivity (Wildman–Crippen MR) is 99.4 cm³/mol. The average Bonchev–Trinajstić information content (AvgIpc) is 2.65. The molecule has 2 aromatic carbocycles. The third-order valence-electron chi connectivity index (χ3n) is 4.04. The Morgan fingerprint density at radius 2 is 1.96 bits per heavy atom. The molecule has 0 aliphatic carbocycles. The minimum Gasteiger partial charge on any atom is -0.453 e. The minimum atomic E-state index is -0.673. The monoisotopic (exact) mass is 412 g/mol. The number of carbonyl (C=O) groups excluding carboxylic acids is 2. The van der Waals surface area contributed by atoms with E-state index in [-0.39, 0.29) is 16.1 Å². The van der Waals surface area contributed by atoms with Crippen LogP contribution in [-0.4, -0.2) is 24.9 Å². The number of hydrogen-bond acceptors (Lipinski definition) is 4. The number of benzene rings is 2. The number of halogens is 3. The number of nitrogens with one attached hydrogen (secondary N) is 2. The highest BCUT2D eigenvalue weighted by Gasteiger charge is 2.29. The zero-order chi connectivity index (χ0) is 19.6. The minimum absolute atomic E-state index is 0.120. The Kier molecular flexibility index (Phi) is 5.86. The molecule has 0 bridgehead atoms. The summed E-state index contributed by atoms with van der Waals surface area (Å²) in [6.45, 7) is 0. The fraction of sp³-hybridized carbons (Fsp3) is 0.222. The SMILES string of the molecule is COC(=O)N[C@H]1CCSc2c(C(=O)Nc3ccc(F)c(Cl)c3)ccc(F)c21. The van der Waals surface area contributed by atoms with Crippen LogP contribution in [0.4, 0.5) is 19.3 Å². The van der Waals surface area contributed by atoms with Crippen LogP contribution in [0.3, 0.4) is 0 Å². The molecular formula is C18H15ClF2N2O3S. The van der Waals surface area contributed by atoms with Gasteiger partial charge in [0.1, 0.15) is 11.6 Å². The Morgan fingerprint density at radius 3 is 2.67 bits per heavy atom. The van der Waals surface area contributed by atoms with Crippen molar-refractivity contribution in [2.75, 3.05) is 18.2 Å². The predicted octanol–water partition coefficient (Wildman–Crippen LogP) is 4.76. The van der Waals surface area contributed by atoms with Gasteiger partial charge in [-0.1, -0.05) is 11.6 Å². The molecule has 1 aliphatic rings. The van der Waals surface area contributed by atoms with Gasteiger partial charge < -0.3 is 15.4 Å². The van der Waals surface area contributed by atoms with Crippen LogP contribution in [0.15, 0.2) is 35.2 Å². The van der Waals surface area contributed by atoms with Crippen LogP contribution in [0.5, 0.6) is 0 Å². The van der Waals surface area contributed by atoms with Crippen LogP contribution in [0, 0.1) is 11.6 Å². The summed E-state index contributed by atoms with van der Waals surface area (Å²) in [5, 5.41) is 5.09. The number of alkyl carbamates (subject to hydrolysis) is 1. The maximum atomic E-state index is 14.4. The third-order valence-corrected chi connectivity index (χ3v) is 5.50. The molecule has 0 saturated heterocycles. The smallest absolute Gasteiger partial charge is 0.407 e. The van der Waals surface area contributed by atoms with Crippen LogP contribution >= 0.6 is 23.4 Å². The van der Waals surface area contributed by atoms with Gasteiger partial charge in [0, 0.05) is 21.9 Å². The first-order chi connectivity index (χ1) is 12.9. The average molecular weight is 413 g/mol. The van der Waals surface area contributed by atoms with Crippen molar-refractivity contribution < 1.29 is 23.1 Å². The highest BCUT2D eigenvalue weighted by atomic mass is 35.5. The molecule has 0 fully saturated rings. The molecule has 2 aromatic rings. The van der Waals surface area contributed by atoms with Crippen molar-refractivity contribution >= 4 is 41.1 Å². The van der Waals surface area contributed by atoms with Crippen LogP contribution < -0.4 is 10.6 Å². The number of amides is 2. The molecule has 1 heterocycles. The molecule has 1 atom stereocenters. The van der Waals surface area contributed by atoms with Crippen molar-refractivity contribution in [2.24, 2.45) is 0 Å². The molecule has 5 nitrogen and oxygen atoms in total. The van der Waals surface area contributed by atoms with Gasteiger partial charge in [-0.2, -0.15) is 0 Å². The van der Waals surface area contributed by atoms with Crippen LogP contribution in [0.2, 0.25) is 5.02 Å². The maximum Gasteiger partial charge on any atom is 0.407 e. The van der Waals surface area contributed by atoms with Crippen molar-refractivity contribution in [3.8, 4) is 0 Å². The summed E-state index contributed by atoms with van der Waals surface area (Å²) in [5.41, 5.74) is 0.823. The Morgan fingerprint density at radius 1 is 1.22 bits per heavy atom. The van der Waals surface area contributed by atoms with E-state index in [4.69, 9.17) is 11.6 Å². The molecule has 1 aliphatic heterocycles. The highest BCUT2D eigenvalue weighted by Crippen LogP contribution is 2.40. The first kappa shape index (κ1) is 19.4. The normalized spacial score (nSPS) is 15.6. The highest BCUT2D eigenvalue weighted by molar-refractivity contribution is 7.99. The third kappa shape index (κ3) is 4.17. The summed E-state index contributed by atoms with van der Waals surface area (Å²) < 4.78 is 32.3. The molecule has 2 amide bonds. The number of rotatable bonds is 3. The van der Waals surface area contributed by atoms with Crippen molar-refractivity contribution in [1.82, 2.24) is 5.32 Å². The van der Waals surface area contributed by atoms with Crippen molar-refractivity contribution in [3.05, 3.63) is 58.1 Å². The van der Waals surface area contributed by atoms with E-state index in [1.165, 1.54) is 43.1 Å². The number of hydrogen-bond donors (Lipinski definition) is 2. The van der Waals surface area contributed by atoms with E-state index in [9.17, 15) is 18.4 Å². The first-order valence-electron chi connectivity index (χ1n) is 7.96. The van der Waals surface area contributed by atoms with E-state index in [2.05, 4.69) is 15.4 Å². The quantitative estimate of drug-likeness (QED) is 0.762. The standard InChI is InChI=1S/C18H15ClF2N2O3S/c1-26-18(25)23-14-6-7-27-16-10(3-5-13(21)15(14)16)17(24)22-9-2-4-12(20)11(19)8-9/h2-5,8,14H,6-7H2,1H3,(H,22,24)(H,23,25)/t14-/m0/s1. The van der Waals surface area contributed by atoms with Crippen molar-refractivity contribution in [3.63, 3.8) is 0 Å². The van der Waals surface area contributed by atoms with Gasteiger partial charge in [-0.15, -0.1) is 11.8 Å². The second-order valence-electron chi connectivity index (χ2n) is 5.75. The molecule has 0 saturated carbocycles. The number of carbonyl (C=O) groups is 2. The van der Waals surface area contributed by atoms with Gasteiger partial charge in [0.25, 0.3) is 5.91 Å². The number of ether oxygens (including phenoxy) is 1. The van der Waals surface area contributed by atoms with E-state index < -0.39 is 29.7 Å². The first-order valence-corrected chi connectivity index (χ1v) is 9.33. The molecule has 9 heteroatoms. The molecule has 27 heavy (non-hydrogen) atoms. The number of fused-ring (bicyclic) bond motifs is 1. The lowest BCUT2D eigenvalue weighted by Gasteiger charge is -2.27. The zero-order valence-electron chi connectivity index (χ0n) is 14.1. The molecule has 142 valence electrons. The number of thioether (sulfide) groups is 1. The lowest BCUT2D eigenvalue weighted by atomic mass is 10.00. The number of methoxy groups -OCH3 is 1. The van der Waals surface area contributed by atoms with E-state index in [0.717, 1.165) is 6.07 Å². The number of anilines is 1. The second-order valence-corrected chi connectivity index (χ2v) is 7.26. The van der Waals surface area contributed by atoms with Gasteiger partial charge in [0.05, 0.1) is 23.7 Å². The molecule has 0 aromatic heterocycles. The largest absolute Gasteiger partial charge is 0.453 e. The Balaban J connectivity index is 1.92. The fourth-order valence-corrected chi connectivity index (χ4v) is 4.23. The molecule has 3 rings (SSSR count). The summed E-state index contributed by atoms with van der Waals surface area (Å²) in [6.07, 6.45) is -0.171. The summed E-state index contributed by atoms with van der Waals surface area (Å²) in [7, 11) is 1.22. The summed E-state index contributed by atoms with van der Waals surface area (Å²) in [4.78, 5) is 24.7. The van der Waals surface area contributed by atoms with Crippen LogP contribution in [-0.2, 0) is 4.74 Å². The van der Waals surface area contributed by atoms with E-state index in [1.807, 2.05) is 0 Å². The van der Waals surface area contributed by atoms with Gasteiger partial charge in [-0.05, 0) is 36.8 Å². The summed E-state index contributed by atoms with van der Waals surface area (Å²) >= 11 is 7.06. The van der Waals surface area contributed by atoms with E-state index >= 15 is 0 Å². The summed E-state index contributed by atoms with van der Waals surface area (Å²) in [5.74, 6) is -1.01. The van der Waals surface area contributed by atoms with Crippen molar-refractivity contribution in [1.29, 1.82) is 0 Å². The van der Waals surface area contributed by atoms with Gasteiger partial charge in [-0.25, -0.2) is 13.6 Å². The molecule has 0 radical (unpaired) electrons. The molecular weight excluding hydrogens is 398 g/mol. The van der Waals surface area contributed by atoms with Gasteiger partial charge in [0.15, 0.2) is 0 Å². The Labute approximate surface area is 163 Å². The molecule has 0 unspecified atom stereocenters. The van der Waals surface area contributed by atoms with Crippen LogP contribution in [0.25, 0.3) is 0 Å².